The number of nitrogens with one attached hydrogen (secondary N) is 1. The summed E-state index contributed by atoms with van der Waals surface area (Å²) in [5.41, 5.74) is 1.70. The molecule has 0 saturated carbocycles. The van der Waals surface area contributed by atoms with Crippen LogP contribution in [0.15, 0.2) is 22.1 Å². The summed E-state index contributed by atoms with van der Waals surface area (Å²) in [6.07, 6.45) is 4.29. The van der Waals surface area contributed by atoms with Crippen molar-refractivity contribution in [3.63, 3.8) is 0 Å². The topological polar surface area (TPSA) is 123 Å². The fourth-order valence-corrected chi connectivity index (χ4v) is 1.58. The van der Waals surface area contributed by atoms with E-state index in [-0.39, 0.29) is 12.2 Å². The Kier molecular flexibility index (Phi) is 11.4. The van der Waals surface area contributed by atoms with E-state index in [0.717, 1.165) is 6.42 Å². The van der Waals surface area contributed by atoms with Crippen molar-refractivity contribution >= 4 is 24.2 Å². The zero-order chi connectivity index (χ0) is 17.5. The van der Waals surface area contributed by atoms with Gasteiger partial charge in [0.05, 0.1) is 24.8 Å². The molecule has 0 bridgehead atoms. The van der Waals surface area contributed by atoms with Gasteiger partial charge in [0.15, 0.2) is 0 Å². The molecule has 0 aliphatic rings. The van der Waals surface area contributed by atoms with E-state index in [0.29, 0.717) is 25.8 Å². The number of rotatable bonds is 10. The van der Waals surface area contributed by atoms with Crippen LogP contribution in [0.25, 0.3) is 0 Å². The molecule has 126 valence electrons. The fourth-order valence-electron chi connectivity index (χ4n) is 1.58. The van der Waals surface area contributed by atoms with Crippen molar-refractivity contribution in [1.82, 2.24) is 5.48 Å². The molecule has 0 saturated heterocycles. The van der Waals surface area contributed by atoms with Crippen molar-refractivity contribution in [2.45, 2.75) is 38.6 Å². The van der Waals surface area contributed by atoms with Crippen LogP contribution >= 0.6 is 0 Å². The third-order valence-electron chi connectivity index (χ3n) is 2.69. The van der Waals surface area contributed by atoms with Crippen molar-refractivity contribution in [3.05, 3.63) is 12.2 Å². The highest BCUT2D eigenvalue weighted by atomic mass is 16.7. The first-order valence-electron chi connectivity index (χ1n) is 7.00. The van der Waals surface area contributed by atoms with Gasteiger partial charge >= 0.3 is 12.1 Å². The minimum Gasteiger partial charge on any atom is -0.448 e. The molecule has 1 N–H and O–H groups in total. The lowest BCUT2D eigenvalue weighted by Gasteiger charge is -2.12. The summed E-state index contributed by atoms with van der Waals surface area (Å²) in [4.78, 5) is 54.4. The van der Waals surface area contributed by atoms with Gasteiger partial charge in [0.25, 0.3) is 0 Å². The van der Waals surface area contributed by atoms with E-state index < -0.39 is 18.1 Å². The molecule has 0 radical (unpaired) electrons. The maximum absolute atomic E-state index is 11.7. The highest BCUT2D eigenvalue weighted by Crippen LogP contribution is 2.14. The molecule has 0 aromatic rings. The standard InChI is InChI=1S/C14H19N3O6/c1-3-22-14(21)17-23-13(20)11(2)12(16-10-19)7-5-4-6-8-15-9-18/h12H,2-8H2,1H3,(H,17,21). The Morgan fingerprint density at radius 3 is 2.57 bits per heavy atom. The summed E-state index contributed by atoms with van der Waals surface area (Å²) in [6.45, 7) is 5.60. The number of ether oxygens (including phenoxy) is 1. The molecule has 0 aromatic carbocycles. The van der Waals surface area contributed by atoms with Crippen LogP contribution in [0.3, 0.4) is 0 Å². The van der Waals surface area contributed by atoms with Crippen molar-refractivity contribution in [3.8, 4) is 0 Å². The first kappa shape index (κ1) is 20.2. The Labute approximate surface area is 133 Å². The normalized spacial score (nSPS) is 10.5. The third-order valence-corrected chi connectivity index (χ3v) is 2.69. The molecule has 0 aliphatic carbocycles. The van der Waals surface area contributed by atoms with Crippen LogP contribution in [0.5, 0.6) is 0 Å². The quantitative estimate of drug-likeness (QED) is 0.212. The molecule has 23 heavy (non-hydrogen) atoms. The highest BCUT2D eigenvalue weighted by Gasteiger charge is 2.21. The zero-order valence-electron chi connectivity index (χ0n) is 12.9. The first-order valence-corrected chi connectivity index (χ1v) is 7.00. The lowest BCUT2D eigenvalue weighted by atomic mass is 10.0. The van der Waals surface area contributed by atoms with Crippen LogP contribution in [0.1, 0.15) is 32.6 Å². The Morgan fingerprint density at radius 1 is 1.22 bits per heavy atom. The molecular formula is C14H19N3O6. The molecule has 1 atom stereocenters. The van der Waals surface area contributed by atoms with Gasteiger partial charge in [-0.3, -0.25) is 0 Å². The summed E-state index contributed by atoms with van der Waals surface area (Å²) in [5, 5.41) is 0. The molecule has 0 spiro atoms. The van der Waals surface area contributed by atoms with Gasteiger partial charge in [-0.1, -0.05) is 19.4 Å². The molecular weight excluding hydrogens is 306 g/mol. The van der Waals surface area contributed by atoms with Gasteiger partial charge < -0.3 is 9.57 Å². The number of unbranched alkanes of at least 4 members (excludes halogenated alkanes) is 2. The first-order chi connectivity index (χ1) is 11.1. The SMILES string of the molecule is C=C(C(=O)ONC(=O)OCC)C(CCCCCN=C=O)N=C=O. The highest BCUT2D eigenvalue weighted by molar-refractivity contribution is 5.89. The Hall–Kier alpha value is -2.76. The summed E-state index contributed by atoms with van der Waals surface area (Å²) in [7, 11) is 0. The van der Waals surface area contributed by atoms with Crippen molar-refractivity contribution < 1.29 is 28.8 Å². The van der Waals surface area contributed by atoms with Gasteiger partial charge in [0.1, 0.15) is 0 Å². The maximum atomic E-state index is 11.7. The van der Waals surface area contributed by atoms with Gasteiger partial charge in [-0.2, -0.15) is 4.99 Å². The van der Waals surface area contributed by atoms with Crippen LogP contribution in [0.2, 0.25) is 0 Å². The number of hydroxylamine groups is 1. The largest absolute Gasteiger partial charge is 0.448 e. The second-order valence-corrected chi connectivity index (χ2v) is 4.30. The number of hydrogen-bond acceptors (Lipinski definition) is 8. The van der Waals surface area contributed by atoms with E-state index in [4.69, 9.17) is 0 Å². The Bertz CT molecular complexity index is 507. The van der Waals surface area contributed by atoms with Crippen LogP contribution < -0.4 is 5.48 Å². The number of hydrogen-bond donors (Lipinski definition) is 1. The van der Waals surface area contributed by atoms with E-state index in [2.05, 4.69) is 26.1 Å². The molecule has 9 nitrogen and oxygen atoms in total. The van der Waals surface area contributed by atoms with E-state index in [1.54, 1.807) is 12.4 Å². The Morgan fingerprint density at radius 2 is 1.96 bits per heavy atom. The minimum atomic E-state index is -0.924. The van der Waals surface area contributed by atoms with Gasteiger partial charge in [0.2, 0.25) is 12.2 Å². The van der Waals surface area contributed by atoms with Crippen LogP contribution in [-0.2, 0) is 24.0 Å². The number of nitrogens with zero attached hydrogens (tertiary/aromatic N) is 2. The number of amides is 1. The fraction of sp³-hybridized carbons (Fsp3) is 0.571. The van der Waals surface area contributed by atoms with E-state index in [1.165, 1.54) is 12.2 Å². The lowest BCUT2D eigenvalue weighted by Crippen LogP contribution is -2.30. The minimum absolute atomic E-state index is 0.0870. The second-order valence-electron chi connectivity index (χ2n) is 4.30. The molecule has 9 heteroatoms. The average Bonchev–Trinajstić information content (AvgIpc) is 2.54. The summed E-state index contributed by atoms with van der Waals surface area (Å²) >= 11 is 0. The monoisotopic (exact) mass is 325 g/mol. The molecule has 1 unspecified atom stereocenters. The summed E-state index contributed by atoms with van der Waals surface area (Å²) in [6, 6.07) is -0.793. The predicted octanol–water partition coefficient (Wildman–Crippen LogP) is 1.35. The number of isocyanates is 2. The van der Waals surface area contributed by atoms with E-state index >= 15 is 0 Å². The van der Waals surface area contributed by atoms with Gasteiger partial charge in [-0.05, 0) is 19.8 Å². The van der Waals surface area contributed by atoms with Crippen LogP contribution in [-0.4, -0.2) is 43.4 Å². The van der Waals surface area contributed by atoms with Gasteiger partial charge in [0, 0.05) is 0 Å². The lowest BCUT2D eigenvalue weighted by molar-refractivity contribution is -0.145. The number of aliphatic imine (C=N–C) groups is 2. The van der Waals surface area contributed by atoms with Crippen LogP contribution in [0, 0.1) is 0 Å². The Balaban J connectivity index is 4.32. The van der Waals surface area contributed by atoms with Crippen molar-refractivity contribution in [1.29, 1.82) is 0 Å². The summed E-state index contributed by atoms with van der Waals surface area (Å²) < 4.78 is 4.51. The van der Waals surface area contributed by atoms with Crippen molar-refractivity contribution in [2.24, 2.45) is 9.98 Å². The van der Waals surface area contributed by atoms with Gasteiger partial charge in [-0.15, -0.1) is 5.48 Å². The number of carbonyl (C=O) groups excluding carboxylic acids is 4. The van der Waals surface area contributed by atoms with Gasteiger partial charge in [-0.25, -0.2) is 24.2 Å². The molecule has 0 heterocycles. The second kappa shape index (κ2) is 12.9. The zero-order valence-corrected chi connectivity index (χ0v) is 12.9. The smallest absolute Gasteiger partial charge is 0.440 e. The summed E-state index contributed by atoms with van der Waals surface area (Å²) in [5.74, 6) is -0.924. The van der Waals surface area contributed by atoms with Crippen molar-refractivity contribution in [2.75, 3.05) is 13.2 Å². The van der Waals surface area contributed by atoms with E-state index in [1.807, 2.05) is 0 Å². The van der Waals surface area contributed by atoms with Crippen LogP contribution in [0.4, 0.5) is 4.79 Å². The number of carbonyl (C=O) groups is 2. The molecule has 0 aromatic heterocycles. The molecule has 1 amide bonds. The molecule has 0 fully saturated rings. The predicted molar refractivity (Wildman–Crippen MR) is 78.8 cm³/mol. The molecule has 0 aliphatic heterocycles. The third kappa shape index (κ3) is 9.73. The maximum Gasteiger partial charge on any atom is 0.440 e. The van der Waals surface area contributed by atoms with E-state index in [9.17, 15) is 19.2 Å². The molecule has 0 rings (SSSR count). The average molecular weight is 325 g/mol.